The van der Waals surface area contributed by atoms with E-state index in [2.05, 4.69) is 52.0 Å². The summed E-state index contributed by atoms with van der Waals surface area (Å²) in [5.41, 5.74) is 4.85. The highest BCUT2D eigenvalue weighted by Crippen LogP contribution is 2.36. The van der Waals surface area contributed by atoms with Crippen LogP contribution < -0.4 is 21.9 Å². The van der Waals surface area contributed by atoms with Crippen molar-refractivity contribution in [1.29, 1.82) is 0 Å². The molecule has 1 amide bonds. The maximum absolute atomic E-state index is 13.6. The van der Waals surface area contributed by atoms with E-state index in [1.165, 1.54) is 21.8 Å². The lowest BCUT2D eigenvalue weighted by Gasteiger charge is -2.42. The molecule has 3 N–H and O–H groups in total. The number of carbonyl (C=O) groups is 1. The van der Waals surface area contributed by atoms with Crippen LogP contribution in [0.1, 0.15) is 53.6 Å². The minimum atomic E-state index is -0.484. The van der Waals surface area contributed by atoms with Gasteiger partial charge in [0, 0.05) is 37.8 Å². The lowest BCUT2D eigenvalue weighted by Crippen LogP contribution is -2.50. The summed E-state index contributed by atoms with van der Waals surface area (Å²) >= 11 is 0. The Labute approximate surface area is 239 Å². The standard InChI is InChI=1S/C33H35N5O3/c39-29(37-20-18-34-31(24-9-3-1-4-10-24)32(37)25-11-5-2-6-12-25)15-8-19-38-30(40)22-28(36-33(38)41)35-27-17-16-23-13-7-14-26(23)21-27/h1-6,9-12,16-17,21-22,31-32,34-35H,7-8,13-15,18-20H2,(H,36,41). The average Bonchev–Trinajstić information content (AvgIpc) is 3.47. The van der Waals surface area contributed by atoms with E-state index < -0.39 is 11.2 Å². The molecule has 41 heavy (non-hydrogen) atoms. The molecule has 1 fully saturated rings. The molecule has 4 aromatic rings. The van der Waals surface area contributed by atoms with Gasteiger partial charge in [-0.1, -0.05) is 66.7 Å². The van der Waals surface area contributed by atoms with E-state index >= 15 is 0 Å². The van der Waals surface area contributed by atoms with Gasteiger partial charge in [-0.3, -0.25) is 19.1 Å². The molecule has 8 heteroatoms. The number of carbonyl (C=O) groups excluding carboxylic acids is 1. The second-order valence-corrected chi connectivity index (χ2v) is 10.8. The predicted molar refractivity (Wildman–Crippen MR) is 160 cm³/mol. The summed E-state index contributed by atoms with van der Waals surface area (Å²) in [7, 11) is 0. The van der Waals surface area contributed by atoms with Crippen LogP contribution in [-0.4, -0.2) is 33.4 Å². The minimum absolute atomic E-state index is 0.0145. The van der Waals surface area contributed by atoms with Crippen molar-refractivity contribution in [2.45, 2.75) is 50.7 Å². The fourth-order valence-electron chi connectivity index (χ4n) is 6.17. The van der Waals surface area contributed by atoms with Gasteiger partial charge in [0.05, 0.1) is 12.1 Å². The van der Waals surface area contributed by atoms with Crippen LogP contribution >= 0.6 is 0 Å². The summed E-state index contributed by atoms with van der Waals surface area (Å²) in [5.74, 6) is 0.379. The Morgan fingerprint density at radius 3 is 2.37 bits per heavy atom. The molecule has 6 rings (SSSR count). The number of aromatic nitrogens is 2. The van der Waals surface area contributed by atoms with Gasteiger partial charge in [-0.2, -0.15) is 0 Å². The van der Waals surface area contributed by atoms with Crippen molar-refractivity contribution in [2.24, 2.45) is 0 Å². The Morgan fingerprint density at radius 2 is 1.61 bits per heavy atom. The number of amides is 1. The van der Waals surface area contributed by atoms with Crippen LogP contribution in [0.5, 0.6) is 0 Å². The molecule has 210 valence electrons. The first kappa shape index (κ1) is 26.8. The van der Waals surface area contributed by atoms with Crippen LogP contribution in [0.4, 0.5) is 11.5 Å². The fraction of sp³-hybridized carbons (Fsp3) is 0.303. The molecular weight excluding hydrogens is 514 g/mol. The van der Waals surface area contributed by atoms with Gasteiger partial charge in [0.25, 0.3) is 5.56 Å². The lowest BCUT2D eigenvalue weighted by atomic mass is 9.90. The summed E-state index contributed by atoms with van der Waals surface area (Å²) in [6.45, 7) is 1.45. The molecule has 1 saturated heterocycles. The quantitative estimate of drug-likeness (QED) is 0.301. The molecule has 2 aliphatic rings. The zero-order valence-corrected chi connectivity index (χ0v) is 23.0. The monoisotopic (exact) mass is 549 g/mol. The highest BCUT2D eigenvalue weighted by molar-refractivity contribution is 5.77. The minimum Gasteiger partial charge on any atom is -0.342 e. The molecule has 0 saturated carbocycles. The third-order valence-electron chi connectivity index (χ3n) is 8.16. The molecule has 1 aliphatic heterocycles. The number of H-pyrrole nitrogens is 1. The average molecular weight is 550 g/mol. The number of aromatic amines is 1. The Hall–Kier alpha value is -4.43. The summed E-state index contributed by atoms with van der Waals surface area (Å²) in [6.07, 6.45) is 3.94. The van der Waals surface area contributed by atoms with Crippen molar-refractivity contribution < 1.29 is 4.79 Å². The topological polar surface area (TPSA) is 99.2 Å². The number of rotatable bonds is 8. The van der Waals surface area contributed by atoms with Gasteiger partial charge >= 0.3 is 5.69 Å². The van der Waals surface area contributed by atoms with Gasteiger partial charge < -0.3 is 15.5 Å². The zero-order valence-electron chi connectivity index (χ0n) is 23.0. The van der Waals surface area contributed by atoms with E-state index in [0.29, 0.717) is 25.3 Å². The number of hydrogen-bond donors (Lipinski definition) is 3. The summed E-state index contributed by atoms with van der Waals surface area (Å²) in [5, 5.41) is 6.77. The summed E-state index contributed by atoms with van der Waals surface area (Å²) < 4.78 is 1.17. The molecule has 1 aliphatic carbocycles. The van der Waals surface area contributed by atoms with Crippen molar-refractivity contribution in [3.63, 3.8) is 0 Å². The van der Waals surface area contributed by atoms with Crippen LogP contribution in [0.25, 0.3) is 0 Å². The molecule has 0 radical (unpaired) electrons. The normalized spacial score (nSPS) is 18.2. The Kier molecular flexibility index (Phi) is 7.82. The number of nitrogens with one attached hydrogen (secondary N) is 3. The molecule has 8 nitrogen and oxygen atoms in total. The largest absolute Gasteiger partial charge is 0.342 e. The van der Waals surface area contributed by atoms with Crippen molar-refractivity contribution in [3.8, 4) is 0 Å². The highest BCUT2D eigenvalue weighted by atomic mass is 16.2. The lowest BCUT2D eigenvalue weighted by molar-refractivity contribution is -0.136. The predicted octanol–water partition coefficient (Wildman–Crippen LogP) is 4.46. The zero-order chi connectivity index (χ0) is 28.2. The Morgan fingerprint density at radius 1 is 0.878 bits per heavy atom. The van der Waals surface area contributed by atoms with Crippen LogP contribution in [0.2, 0.25) is 0 Å². The first-order valence-corrected chi connectivity index (χ1v) is 14.4. The molecule has 0 bridgehead atoms. The number of aryl methyl sites for hydroxylation is 2. The van der Waals surface area contributed by atoms with Crippen molar-refractivity contribution in [3.05, 3.63) is 128 Å². The van der Waals surface area contributed by atoms with Crippen LogP contribution in [-0.2, 0) is 24.2 Å². The maximum atomic E-state index is 13.6. The van der Waals surface area contributed by atoms with Gasteiger partial charge in [-0.15, -0.1) is 0 Å². The van der Waals surface area contributed by atoms with Crippen molar-refractivity contribution >= 4 is 17.4 Å². The summed E-state index contributed by atoms with van der Waals surface area (Å²) in [6, 6.07) is 27.7. The number of piperazine rings is 1. The van der Waals surface area contributed by atoms with Gasteiger partial charge in [-0.05, 0) is 60.1 Å². The molecule has 1 aromatic heterocycles. The molecule has 3 aromatic carbocycles. The molecule has 2 unspecified atom stereocenters. The van der Waals surface area contributed by atoms with E-state index in [1.54, 1.807) is 0 Å². The van der Waals surface area contributed by atoms with E-state index in [0.717, 1.165) is 36.1 Å². The number of benzene rings is 3. The first-order valence-electron chi connectivity index (χ1n) is 14.4. The van der Waals surface area contributed by atoms with E-state index in [9.17, 15) is 14.4 Å². The Bertz CT molecular complexity index is 1600. The van der Waals surface area contributed by atoms with Gasteiger partial charge in [-0.25, -0.2) is 4.79 Å². The van der Waals surface area contributed by atoms with Gasteiger partial charge in [0.15, 0.2) is 0 Å². The molecule has 2 atom stereocenters. The molecular formula is C33H35N5O3. The van der Waals surface area contributed by atoms with E-state index in [-0.39, 0.29) is 31.0 Å². The number of hydrogen-bond acceptors (Lipinski definition) is 5. The van der Waals surface area contributed by atoms with Gasteiger partial charge in [0.1, 0.15) is 5.82 Å². The van der Waals surface area contributed by atoms with Crippen molar-refractivity contribution in [2.75, 3.05) is 18.4 Å². The van der Waals surface area contributed by atoms with E-state index in [4.69, 9.17) is 0 Å². The second-order valence-electron chi connectivity index (χ2n) is 10.8. The number of fused-ring (bicyclic) bond motifs is 1. The van der Waals surface area contributed by atoms with Crippen LogP contribution in [0.3, 0.4) is 0 Å². The SMILES string of the molecule is O=C(CCCn1c(=O)cc(Nc2ccc3c(c2)CCC3)[nH]c1=O)N1CCNC(c2ccccc2)C1c1ccccc1. The number of anilines is 2. The highest BCUT2D eigenvalue weighted by Gasteiger charge is 2.35. The second kappa shape index (κ2) is 12.0. The van der Waals surface area contributed by atoms with Crippen LogP contribution in [0, 0.1) is 0 Å². The fourth-order valence-corrected chi connectivity index (χ4v) is 6.17. The third kappa shape index (κ3) is 5.88. The first-order chi connectivity index (χ1) is 20.1. The van der Waals surface area contributed by atoms with Crippen molar-refractivity contribution in [1.82, 2.24) is 19.8 Å². The van der Waals surface area contributed by atoms with Gasteiger partial charge in [0.2, 0.25) is 5.91 Å². The molecule has 2 heterocycles. The van der Waals surface area contributed by atoms with Crippen LogP contribution in [0.15, 0.2) is 94.5 Å². The third-order valence-corrected chi connectivity index (χ3v) is 8.16. The summed E-state index contributed by atoms with van der Waals surface area (Å²) in [4.78, 5) is 44.0. The maximum Gasteiger partial charge on any atom is 0.329 e. The molecule has 0 spiro atoms. The number of nitrogens with zero attached hydrogens (tertiary/aromatic N) is 2. The van der Waals surface area contributed by atoms with E-state index in [1.807, 2.05) is 47.4 Å². The smallest absolute Gasteiger partial charge is 0.329 e. The Balaban J connectivity index is 1.13.